The van der Waals surface area contributed by atoms with Crippen LogP contribution in [0.5, 0.6) is 17.2 Å². The first-order valence-electron chi connectivity index (χ1n) is 7.58. The van der Waals surface area contributed by atoms with Crippen molar-refractivity contribution in [2.75, 3.05) is 26.6 Å². The van der Waals surface area contributed by atoms with Gasteiger partial charge >= 0.3 is 0 Å². The van der Waals surface area contributed by atoms with Crippen LogP contribution in [-0.2, 0) is 6.54 Å². The highest BCUT2D eigenvalue weighted by molar-refractivity contribution is 7.80. The van der Waals surface area contributed by atoms with Gasteiger partial charge in [0.25, 0.3) is 0 Å². The summed E-state index contributed by atoms with van der Waals surface area (Å²) in [5, 5.41) is 7.53. The van der Waals surface area contributed by atoms with Gasteiger partial charge in [0, 0.05) is 17.3 Å². The Labute approximate surface area is 158 Å². The molecule has 0 saturated carbocycles. The van der Waals surface area contributed by atoms with Crippen molar-refractivity contribution in [2.45, 2.75) is 13.5 Å². The predicted octanol–water partition coefficient (Wildman–Crippen LogP) is 4.16. The Bertz CT molecular complexity index is 743. The largest absolute Gasteiger partial charge is 0.493 e. The van der Waals surface area contributed by atoms with Gasteiger partial charge in [0.15, 0.2) is 16.6 Å². The predicted molar refractivity (Wildman–Crippen MR) is 105 cm³/mol. The standard InChI is InChI=1S/C18H21ClN2O3S/c1-11-7-13(19)5-6-14(11)21-18(25)20-10-12-8-15(22-2)17(24-4)16(9-12)23-3/h5-9H,10H2,1-4H3,(H2,20,21,25). The molecule has 25 heavy (non-hydrogen) atoms. The number of thiocarbonyl (C=S) groups is 1. The minimum atomic E-state index is 0.509. The molecular formula is C18H21ClN2O3S. The maximum absolute atomic E-state index is 5.97. The minimum absolute atomic E-state index is 0.509. The van der Waals surface area contributed by atoms with Crippen LogP contribution in [0, 0.1) is 6.92 Å². The highest BCUT2D eigenvalue weighted by atomic mass is 35.5. The number of ether oxygens (including phenoxy) is 3. The molecule has 7 heteroatoms. The van der Waals surface area contributed by atoms with Crippen molar-refractivity contribution >= 4 is 34.6 Å². The average Bonchev–Trinajstić information content (AvgIpc) is 2.61. The monoisotopic (exact) mass is 380 g/mol. The molecule has 0 heterocycles. The first-order valence-corrected chi connectivity index (χ1v) is 8.37. The molecule has 0 radical (unpaired) electrons. The van der Waals surface area contributed by atoms with Crippen molar-refractivity contribution in [1.82, 2.24) is 5.32 Å². The maximum atomic E-state index is 5.97. The smallest absolute Gasteiger partial charge is 0.203 e. The summed E-state index contributed by atoms with van der Waals surface area (Å²) in [6, 6.07) is 9.35. The van der Waals surface area contributed by atoms with Crippen LogP contribution in [0.1, 0.15) is 11.1 Å². The lowest BCUT2D eigenvalue weighted by Crippen LogP contribution is -2.28. The summed E-state index contributed by atoms with van der Waals surface area (Å²) < 4.78 is 16.0. The summed E-state index contributed by atoms with van der Waals surface area (Å²) in [7, 11) is 4.75. The van der Waals surface area contributed by atoms with E-state index in [0.717, 1.165) is 16.8 Å². The Balaban J connectivity index is 2.06. The second-order valence-electron chi connectivity index (χ2n) is 5.30. The molecule has 0 fully saturated rings. The molecule has 5 nitrogen and oxygen atoms in total. The second kappa shape index (κ2) is 8.78. The SMILES string of the molecule is COc1cc(CNC(=S)Nc2ccc(Cl)cc2C)cc(OC)c1OC. The number of anilines is 1. The number of halogens is 1. The highest BCUT2D eigenvalue weighted by Crippen LogP contribution is 2.38. The number of hydrogen-bond acceptors (Lipinski definition) is 4. The average molecular weight is 381 g/mol. The number of rotatable bonds is 6. The Morgan fingerprint density at radius 3 is 2.20 bits per heavy atom. The minimum Gasteiger partial charge on any atom is -0.493 e. The molecule has 0 aliphatic rings. The maximum Gasteiger partial charge on any atom is 0.203 e. The molecule has 0 aliphatic carbocycles. The fourth-order valence-electron chi connectivity index (χ4n) is 2.35. The van der Waals surface area contributed by atoms with Gasteiger partial charge in [-0.05, 0) is 60.6 Å². The van der Waals surface area contributed by atoms with Crippen LogP contribution in [0.25, 0.3) is 0 Å². The summed E-state index contributed by atoms with van der Waals surface area (Å²) in [5.74, 6) is 1.77. The number of hydrogen-bond donors (Lipinski definition) is 2. The third-order valence-corrected chi connectivity index (χ3v) is 4.10. The van der Waals surface area contributed by atoms with Crippen molar-refractivity contribution in [3.63, 3.8) is 0 Å². The van der Waals surface area contributed by atoms with Crippen LogP contribution in [0.2, 0.25) is 5.02 Å². The van der Waals surface area contributed by atoms with E-state index < -0.39 is 0 Å². The Morgan fingerprint density at radius 1 is 1.04 bits per heavy atom. The summed E-state index contributed by atoms with van der Waals surface area (Å²) in [5.41, 5.74) is 2.88. The molecule has 0 aliphatic heterocycles. The highest BCUT2D eigenvalue weighted by Gasteiger charge is 2.13. The van der Waals surface area contributed by atoms with E-state index >= 15 is 0 Å². The van der Waals surface area contributed by atoms with E-state index in [1.165, 1.54) is 0 Å². The summed E-state index contributed by atoms with van der Waals surface area (Å²) >= 11 is 11.3. The van der Waals surface area contributed by atoms with Crippen molar-refractivity contribution in [1.29, 1.82) is 0 Å². The molecule has 0 aromatic heterocycles. The fourth-order valence-corrected chi connectivity index (χ4v) is 2.76. The zero-order chi connectivity index (χ0) is 18.4. The van der Waals surface area contributed by atoms with E-state index in [1.54, 1.807) is 21.3 Å². The second-order valence-corrected chi connectivity index (χ2v) is 6.15. The van der Waals surface area contributed by atoms with Crippen LogP contribution in [-0.4, -0.2) is 26.4 Å². The molecule has 0 saturated heterocycles. The first-order chi connectivity index (χ1) is 12.0. The Kier molecular flexibility index (Phi) is 6.73. The lowest BCUT2D eigenvalue weighted by atomic mass is 10.2. The molecule has 0 bridgehead atoms. The molecule has 0 amide bonds. The summed E-state index contributed by atoms with van der Waals surface area (Å²) in [4.78, 5) is 0. The van der Waals surface area contributed by atoms with Gasteiger partial charge in [-0.1, -0.05) is 11.6 Å². The molecule has 0 atom stereocenters. The number of aryl methyl sites for hydroxylation is 1. The topological polar surface area (TPSA) is 51.8 Å². The van der Waals surface area contributed by atoms with Gasteiger partial charge in [0.1, 0.15) is 0 Å². The van der Waals surface area contributed by atoms with Gasteiger partial charge in [-0.15, -0.1) is 0 Å². The van der Waals surface area contributed by atoms with E-state index in [1.807, 2.05) is 37.3 Å². The van der Waals surface area contributed by atoms with E-state index in [4.69, 9.17) is 38.0 Å². The van der Waals surface area contributed by atoms with E-state index in [0.29, 0.717) is 33.9 Å². The number of methoxy groups -OCH3 is 3. The van der Waals surface area contributed by atoms with Crippen LogP contribution in [0.4, 0.5) is 5.69 Å². The van der Waals surface area contributed by atoms with Crippen molar-refractivity contribution in [3.8, 4) is 17.2 Å². The van der Waals surface area contributed by atoms with Crippen LogP contribution < -0.4 is 24.8 Å². The van der Waals surface area contributed by atoms with Crippen molar-refractivity contribution in [2.24, 2.45) is 0 Å². The van der Waals surface area contributed by atoms with Crippen LogP contribution in [0.15, 0.2) is 30.3 Å². The molecule has 0 unspecified atom stereocenters. The molecule has 2 aromatic rings. The number of nitrogens with one attached hydrogen (secondary N) is 2. The normalized spacial score (nSPS) is 10.1. The molecule has 2 N–H and O–H groups in total. The summed E-state index contributed by atoms with van der Waals surface area (Å²) in [6.45, 7) is 2.48. The van der Waals surface area contributed by atoms with Gasteiger partial charge < -0.3 is 24.8 Å². The van der Waals surface area contributed by atoms with Gasteiger partial charge in [-0.3, -0.25) is 0 Å². The molecule has 134 valence electrons. The number of benzene rings is 2. The van der Waals surface area contributed by atoms with E-state index in [2.05, 4.69) is 10.6 Å². The van der Waals surface area contributed by atoms with E-state index in [-0.39, 0.29) is 0 Å². The quantitative estimate of drug-likeness (QED) is 0.734. The van der Waals surface area contributed by atoms with Crippen molar-refractivity contribution < 1.29 is 14.2 Å². The third-order valence-electron chi connectivity index (χ3n) is 3.61. The van der Waals surface area contributed by atoms with Gasteiger partial charge in [-0.25, -0.2) is 0 Å². The summed E-state index contributed by atoms with van der Waals surface area (Å²) in [6.07, 6.45) is 0. The third kappa shape index (κ3) is 4.90. The van der Waals surface area contributed by atoms with Gasteiger partial charge in [0.2, 0.25) is 5.75 Å². The van der Waals surface area contributed by atoms with Gasteiger partial charge in [-0.2, -0.15) is 0 Å². The molecule has 2 aromatic carbocycles. The lowest BCUT2D eigenvalue weighted by Gasteiger charge is -2.16. The van der Waals surface area contributed by atoms with Gasteiger partial charge in [0.05, 0.1) is 21.3 Å². The Hall–Kier alpha value is -2.18. The molecular weight excluding hydrogens is 360 g/mol. The Morgan fingerprint density at radius 2 is 1.68 bits per heavy atom. The first kappa shape index (κ1) is 19.1. The van der Waals surface area contributed by atoms with Crippen LogP contribution in [0.3, 0.4) is 0 Å². The molecule has 2 rings (SSSR count). The fraction of sp³-hybridized carbons (Fsp3) is 0.278. The zero-order valence-corrected chi connectivity index (χ0v) is 16.2. The molecule has 0 spiro atoms. The zero-order valence-electron chi connectivity index (χ0n) is 14.6. The van der Waals surface area contributed by atoms with Crippen molar-refractivity contribution in [3.05, 3.63) is 46.5 Å². The van der Waals surface area contributed by atoms with E-state index in [9.17, 15) is 0 Å². The lowest BCUT2D eigenvalue weighted by molar-refractivity contribution is 0.323. The van der Waals surface area contributed by atoms with Crippen LogP contribution >= 0.6 is 23.8 Å².